The second kappa shape index (κ2) is 8.66. The van der Waals surface area contributed by atoms with E-state index in [1.165, 1.54) is 6.26 Å². The summed E-state index contributed by atoms with van der Waals surface area (Å²) in [5.74, 6) is 0.345. The van der Waals surface area contributed by atoms with Crippen LogP contribution in [0.2, 0.25) is 0 Å². The smallest absolute Gasteiger partial charge is 0.251 e. The maximum Gasteiger partial charge on any atom is 0.251 e. The fourth-order valence-corrected chi connectivity index (χ4v) is 3.87. The van der Waals surface area contributed by atoms with Crippen LogP contribution in [-0.4, -0.2) is 50.5 Å². The van der Waals surface area contributed by atoms with Crippen LogP contribution in [0.25, 0.3) is 0 Å². The molecule has 1 aromatic carbocycles. The van der Waals surface area contributed by atoms with Crippen molar-refractivity contribution in [3.63, 3.8) is 0 Å². The van der Waals surface area contributed by atoms with Gasteiger partial charge >= 0.3 is 0 Å². The van der Waals surface area contributed by atoms with Gasteiger partial charge in [0.05, 0.1) is 5.75 Å². The molecule has 26 heavy (non-hydrogen) atoms. The number of hydrogen-bond donors (Lipinski definition) is 1. The first-order valence-electron chi connectivity index (χ1n) is 8.99. The number of rotatable bonds is 6. The molecule has 1 fully saturated rings. The molecular formula is C19H28N2O4S. The SMILES string of the molecule is CC(C)CC(=O)N1CCC(NC(=O)c2ccc(CS(C)(=O)=O)cc2)CC1. The van der Waals surface area contributed by atoms with Crippen LogP contribution >= 0.6 is 0 Å². The van der Waals surface area contributed by atoms with Gasteiger partial charge in [0.25, 0.3) is 5.91 Å². The van der Waals surface area contributed by atoms with E-state index in [0.29, 0.717) is 36.6 Å². The van der Waals surface area contributed by atoms with E-state index in [9.17, 15) is 18.0 Å². The molecule has 1 aromatic rings. The summed E-state index contributed by atoms with van der Waals surface area (Å²) in [6, 6.07) is 6.70. The van der Waals surface area contributed by atoms with Gasteiger partial charge in [0.2, 0.25) is 5.91 Å². The summed E-state index contributed by atoms with van der Waals surface area (Å²) in [5, 5.41) is 3.01. The van der Waals surface area contributed by atoms with Crippen LogP contribution < -0.4 is 5.32 Å². The van der Waals surface area contributed by atoms with Gasteiger partial charge in [-0.25, -0.2) is 8.42 Å². The van der Waals surface area contributed by atoms with E-state index in [2.05, 4.69) is 5.32 Å². The number of benzene rings is 1. The van der Waals surface area contributed by atoms with Crippen LogP contribution in [-0.2, 0) is 20.4 Å². The van der Waals surface area contributed by atoms with E-state index in [0.717, 1.165) is 12.8 Å². The van der Waals surface area contributed by atoms with Crippen molar-refractivity contribution >= 4 is 21.7 Å². The molecule has 144 valence electrons. The molecule has 0 saturated carbocycles. The van der Waals surface area contributed by atoms with Gasteiger partial charge in [-0.05, 0) is 36.5 Å². The zero-order valence-corrected chi connectivity index (χ0v) is 16.5. The molecule has 1 aliphatic rings. The van der Waals surface area contributed by atoms with Gasteiger partial charge in [-0.15, -0.1) is 0 Å². The Balaban J connectivity index is 1.84. The second-order valence-electron chi connectivity index (χ2n) is 7.49. The number of nitrogens with zero attached hydrogens (tertiary/aromatic N) is 1. The topological polar surface area (TPSA) is 83.6 Å². The summed E-state index contributed by atoms with van der Waals surface area (Å²) in [6.45, 7) is 5.41. The van der Waals surface area contributed by atoms with Gasteiger partial charge in [0, 0.05) is 37.4 Å². The van der Waals surface area contributed by atoms with Crippen molar-refractivity contribution in [3.05, 3.63) is 35.4 Å². The third-order valence-electron chi connectivity index (χ3n) is 4.41. The van der Waals surface area contributed by atoms with Crippen molar-refractivity contribution in [2.45, 2.75) is 44.9 Å². The highest BCUT2D eigenvalue weighted by Crippen LogP contribution is 2.15. The Morgan fingerprint density at radius 2 is 1.73 bits per heavy atom. The van der Waals surface area contributed by atoms with Crippen molar-refractivity contribution in [2.75, 3.05) is 19.3 Å². The van der Waals surface area contributed by atoms with Crippen molar-refractivity contribution in [1.29, 1.82) is 0 Å². The molecule has 2 rings (SSSR count). The lowest BCUT2D eigenvalue weighted by Crippen LogP contribution is -2.46. The Morgan fingerprint density at radius 3 is 2.23 bits per heavy atom. The highest BCUT2D eigenvalue weighted by Gasteiger charge is 2.24. The normalized spacial score (nSPS) is 15.9. The molecule has 1 N–H and O–H groups in total. The summed E-state index contributed by atoms with van der Waals surface area (Å²) in [5.41, 5.74) is 1.18. The molecule has 0 atom stereocenters. The minimum atomic E-state index is -3.09. The van der Waals surface area contributed by atoms with Crippen molar-refractivity contribution in [3.8, 4) is 0 Å². The first-order chi connectivity index (χ1) is 12.1. The van der Waals surface area contributed by atoms with Crippen molar-refractivity contribution in [1.82, 2.24) is 10.2 Å². The maximum absolute atomic E-state index is 12.4. The Kier molecular flexibility index (Phi) is 6.81. The molecule has 1 aliphatic heterocycles. The van der Waals surface area contributed by atoms with Crippen LogP contribution in [0.3, 0.4) is 0 Å². The number of sulfone groups is 1. The number of likely N-dealkylation sites (tertiary alicyclic amines) is 1. The maximum atomic E-state index is 12.4. The fourth-order valence-electron chi connectivity index (χ4n) is 3.08. The van der Waals surface area contributed by atoms with E-state index in [4.69, 9.17) is 0 Å². The minimum absolute atomic E-state index is 0.0300. The summed E-state index contributed by atoms with van der Waals surface area (Å²) in [4.78, 5) is 26.3. The quantitative estimate of drug-likeness (QED) is 0.818. The number of piperidine rings is 1. The van der Waals surface area contributed by atoms with E-state index >= 15 is 0 Å². The van der Waals surface area contributed by atoms with Crippen LogP contribution in [0.15, 0.2) is 24.3 Å². The predicted molar refractivity (Wildman–Crippen MR) is 102 cm³/mol. The lowest BCUT2D eigenvalue weighted by atomic mass is 10.0. The number of carbonyl (C=O) groups is 2. The van der Waals surface area contributed by atoms with Crippen molar-refractivity contribution < 1.29 is 18.0 Å². The molecule has 0 spiro atoms. The first kappa shape index (κ1) is 20.4. The number of nitrogens with one attached hydrogen (secondary N) is 1. The third-order valence-corrected chi connectivity index (χ3v) is 5.27. The van der Waals surface area contributed by atoms with Gasteiger partial charge < -0.3 is 10.2 Å². The predicted octanol–water partition coefficient (Wildman–Crippen LogP) is 2.00. The molecule has 2 amide bonds. The first-order valence-corrected chi connectivity index (χ1v) is 11.1. The molecule has 0 radical (unpaired) electrons. The highest BCUT2D eigenvalue weighted by molar-refractivity contribution is 7.89. The average Bonchev–Trinajstić information content (AvgIpc) is 2.54. The summed E-state index contributed by atoms with van der Waals surface area (Å²) in [7, 11) is -3.09. The van der Waals surface area contributed by atoms with Crippen LogP contribution in [0.5, 0.6) is 0 Å². The monoisotopic (exact) mass is 380 g/mol. The van der Waals surface area contributed by atoms with Gasteiger partial charge in [0.1, 0.15) is 0 Å². The standard InChI is InChI=1S/C19H28N2O4S/c1-14(2)12-18(22)21-10-8-17(9-11-21)20-19(23)16-6-4-15(5-7-16)13-26(3,24)25/h4-7,14,17H,8-13H2,1-3H3,(H,20,23). The van der Waals surface area contributed by atoms with E-state index in [1.807, 2.05) is 18.7 Å². The molecule has 7 heteroatoms. The fraction of sp³-hybridized carbons (Fsp3) is 0.579. The summed E-state index contributed by atoms with van der Waals surface area (Å²) >= 11 is 0. The zero-order valence-electron chi connectivity index (χ0n) is 15.7. The van der Waals surface area contributed by atoms with Crippen molar-refractivity contribution in [2.24, 2.45) is 5.92 Å². The molecule has 0 aromatic heterocycles. The molecule has 6 nitrogen and oxygen atoms in total. The van der Waals surface area contributed by atoms with Crippen LogP contribution in [0, 0.1) is 5.92 Å². The van der Waals surface area contributed by atoms with Crippen LogP contribution in [0.4, 0.5) is 0 Å². The molecular weight excluding hydrogens is 352 g/mol. The van der Waals surface area contributed by atoms with Crippen LogP contribution in [0.1, 0.15) is 49.0 Å². The van der Waals surface area contributed by atoms with Gasteiger partial charge in [-0.3, -0.25) is 9.59 Å². The number of amides is 2. The summed E-state index contributed by atoms with van der Waals surface area (Å²) < 4.78 is 22.6. The molecule has 1 saturated heterocycles. The van der Waals surface area contributed by atoms with E-state index in [1.54, 1.807) is 24.3 Å². The molecule has 0 bridgehead atoms. The van der Waals surface area contributed by atoms with E-state index < -0.39 is 9.84 Å². The third kappa shape index (κ3) is 6.44. The lowest BCUT2D eigenvalue weighted by Gasteiger charge is -2.32. The number of carbonyl (C=O) groups excluding carboxylic acids is 2. The van der Waals surface area contributed by atoms with Gasteiger partial charge in [-0.2, -0.15) is 0 Å². The molecule has 0 aliphatic carbocycles. The minimum Gasteiger partial charge on any atom is -0.349 e. The second-order valence-corrected chi connectivity index (χ2v) is 9.63. The van der Waals surface area contributed by atoms with Gasteiger partial charge in [0.15, 0.2) is 9.84 Å². The molecule has 1 heterocycles. The van der Waals surface area contributed by atoms with E-state index in [-0.39, 0.29) is 23.6 Å². The lowest BCUT2D eigenvalue weighted by molar-refractivity contribution is -0.133. The van der Waals surface area contributed by atoms with Gasteiger partial charge in [-0.1, -0.05) is 26.0 Å². The Bertz CT molecular complexity index is 733. The largest absolute Gasteiger partial charge is 0.349 e. The Labute approximate surface area is 155 Å². The highest BCUT2D eigenvalue weighted by atomic mass is 32.2. The summed E-state index contributed by atoms with van der Waals surface area (Å²) in [6.07, 6.45) is 3.26. The number of hydrogen-bond acceptors (Lipinski definition) is 4. The zero-order chi connectivity index (χ0) is 19.3. The molecule has 0 unspecified atom stereocenters. The Morgan fingerprint density at radius 1 is 1.15 bits per heavy atom. The average molecular weight is 381 g/mol. The Hall–Kier alpha value is -1.89.